The largest absolute Gasteiger partial charge is 0.478 e. The average Bonchev–Trinajstić information content (AvgIpc) is 2.07. The molecule has 0 aromatic heterocycles. The van der Waals surface area contributed by atoms with Crippen molar-refractivity contribution < 1.29 is 14.7 Å². The number of hydrogen-bond acceptors (Lipinski definition) is 2. The lowest BCUT2D eigenvalue weighted by molar-refractivity contribution is -0.116. The molecule has 1 N–H and O–H groups in total. The quantitative estimate of drug-likeness (QED) is 0.794. The third-order valence-electron chi connectivity index (χ3n) is 2.03. The highest BCUT2D eigenvalue weighted by Crippen LogP contribution is 2.12. The van der Waals surface area contributed by atoms with Crippen molar-refractivity contribution in [3.05, 3.63) is 34.9 Å². The van der Waals surface area contributed by atoms with Gasteiger partial charge in [0.15, 0.2) is 0 Å². The van der Waals surface area contributed by atoms with Crippen LogP contribution in [0.3, 0.4) is 0 Å². The monoisotopic (exact) mass is 192 g/mol. The molecule has 0 spiro atoms. The first-order valence-corrected chi connectivity index (χ1v) is 4.33. The van der Waals surface area contributed by atoms with Crippen LogP contribution in [0.4, 0.5) is 0 Å². The number of ketones is 1. The number of Topliss-reactive ketones (excluding diaryl/α,β-unsaturated/α-hetero) is 1. The van der Waals surface area contributed by atoms with E-state index in [9.17, 15) is 9.59 Å². The van der Waals surface area contributed by atoms with Crippen LogP contribution in [0.15, 0.2) is 18.2 Å². The van der Waals surface area contributed by atoms with Crippen molar-refractivity contribution in [1.29, 1.82) is 0 Å². The van der Waals surface area contributed by atoms with Crippen LogP contribution in [0, 0.1) is 6.92 Å². The van der Waals surface area contributed by atoms with Crippen LogP contribution in [0.5, 0.6) is 0 Å². The summed E-state index contributed by atoms with van der Waals surface area (Å²) in [6.07, 6.45) is 0.367. The van der Waals surface area contributed by atoms with Gasteiger partial charge in [-0.3, -0.25) is 4.79 Å². The molecule has 0 saturated carbocycles. The van der Waals surface area contributed by atoms with Gasteiger partial charge < -0.3 is 5.11 Å². The van der Waals surface area contributed by atoms with Crippen LogP contribution < -0.4 is 0 Å². The Kier molecular flexibility index (Phi) is 3.02. The van der Waals surface area contributed by atoms with E-state index in [0.29, 0.717) is 6.42 Å². The van der Waals surface area contributed by atoms with E-state index in [2.05, 4.69) is 0 Å². The summed E-state index contributed by atoms with van der Waals surface area (Å²) in [5, 5.41) is 8.72. The van der Waals surface area contributed by atoms with Crippen molar-refractivity contribution in [2.45, 2.75) is 20.3 Å². The Morgan fingerprint density at radius 2 is 2.00 bits per heavy atom. The van der Waals surface area contributed by atoms with Gasteiger partial charge in [0.1, 0.15) is 5.78 Å². The summed E-state index contributed by atoms with van der Waals surface area (Å²) in [4.78, 5) is 21.5. The van der Waals surface area contributed by atoms with Crippen LogP contribution in [-0.2, 0) is 11.2 Å². The summed E-state index contributed by atoms with van der Waals surface area (Å²) < 4.78 is 0. The standard InChI is InChI=1S/C11H12O3/c1-7-5-10(11(13)14)4-3-9(7)6-8(2)12/h3-5H,6H2,1-2H3,(H,13,14). The lowest BCUT2D eigenvalue weighted by Crippen LogP contribution is -2.02. The maximum absolute atomic E-state index is 10.9. The van der Waals surface area contributed by atoms with Gasteiger partial charge in [0, 0.05) is 6.42 Å². The van der Waals surface area contributed by atoms with Crippen molar-refractivity contribution in [2.24, 2.45) is 0 Å². The molecule has 1 aromatic rings. The lowest BCUT2D eigenvalue weighted by atomic mass is 10.0. The van der Waals surface area contributed by atoms with Crippen LogP contribution in [0.2, 0.25) is 0 Å². The second-order valence-corrected chi connectivity index (χ2v) is 3.33. The predicted molar refractivity (Wildman–Crippen MR) is 52.5 cm³/mol. The zero-order valence-electron chi connectivity index (χ0n) is 8.20. The highest BCUT2D eigenvalue weighted by atomic mass is 16.4. The van der Waals surface area contributed by atoms with Crippen molar-refractivity contribution in [3.8, 4) is 0 Å². The Morgan fingerprint density at radius 3 is 2.43 bits per heavy atom. The Bertz CT molecular complexity index is 380. The molecular formula is C11H12O3. The number of aryl methyl sites for hydroxylation is 1. The van der Waals surface area contributed by atoms with Gasteiger partial charge in [0.25, 0.3) is 0 Å². The number of carboxylic acids is 1. The van der Waals surface area contributed by atoms with Crippen molar-refractivity contribution in [2.75, 3.05) is 0 Å². The summed E-state index contributed by atoms with van der Waals surface area (Å²) in [6, 6.07) is 4.80. The minimum absolute atomic E-state index is 0.0798. The number of carbonyl (C=O) groups is 2. The van der Waals surface area contributed by atoms with Crippen LogP contribution >= 0.6 is 0 Å². The zero-order chi connectivity index (χ0) is 10.7. The first-order valence-electron chi connectivity index (χ1n) is 4.33. The van der Waals surface area contributed by atoms with E-state index in [1.807, 2.05) is 6.92 Å². The van der Waals surface area contributed by atoms with E-state index in [4.69, 9.17) is 5.11 Å². The number of aromatic carboxylic acids is 1. The van der Waals surface area contributed by atoms with Crippen LogP contribution in [0.25, 0.3) is 0 Å². The van der Waals surface area contributed by atoms with E-state index < -0.39 is 5.97 Å². The summed E-state index contributed by atoms with van der Waals surface area (Å²) in [7, 11) is 0. The lowest BCUT2D eigenvalue weighted by Gasteiger charge is -2.04. The number of carboxylic acid groups (broad SMARTS) is 1. The van der Waals surface area contributed by atoms with Gasteiger partial charge in [0.2, 0.25) is 0 Å². The van der Waals surface area contributed by atoms with Crippen molar-refractivity contribution >= 4 is 11.8 Å². The molecule has 0 radical (unpaired) electrons. The summed E-state index contributed by atoms with van der Waals surface area (Å²) in [6.45, 7) is 3.33. The molecule has 14 heavy (non-hydrogen) atoms. The van der Waals surface area contributed by atoms with E-state index in [1.54, 1.807) is 12.1 Å². The molecule has 0 heterocycles. The fourth-order valence-electron chi connectivity index (χ4n) is 1.30. The average molecular weight is 192 g/mol. The van der Waals surface area contributed by atoms with E-state index in [0.717, 1.165) is 11.1 Å². The second-order valence-electron chi connectivity index (χ2n) is 3.33. The zero-order valence-corrected chi connectivity index (χ0v) is 8.20. The molecule has 1 rings (SSSR count). The molecule has 3 nitrogen and oxygen atoms in total. The highest BCUT2D eigenvalue weighted by molar-refractivity contribution is 5.88. The van der Waals surface area contributed by atoms with E-state index in [-0.39, 0.29) is 11.3 Å². The summed E-state index contributed by atoms with van der Waals surface area (Å²) >= 11 is 0. The highest BCUT2D eigenvalue weighted by Gasteiger charge is 2.06. The van der Waals surface area contributed by atoms with Gasteiger partial charge in [-0.1, -0.05) is 6.07 Å². The maximum Gasteiger partial charge on any atom is 0.335 e. The van der Waals surface area contributed by atoms with Crippen LogP contribution in [-0.4, -0.2) is 16.9 Å². The number of hydrogen-bond donors (Lipinski definition) is 1. The van der Waals surface area contributed by atoms with Gasteiger partial charge in [0.05, 0.1) is 5.56 Å². The van der Waals surface area contributed by atoms with Crippen molar-refractivity contribution in [1.82, 2.24) is 0 Å². The molecule has 0 unspecified atom stereocenters. The number of benzene rings is 1. The molecule has 0 fully saturated rings. The first-order chi connectivity index (χ1) is 6.50. The fraction of sp³-hybridized carbons (Fsp3) is 0.273. The second kappa shape index (κ2) is 4.05. The molecule has 0 bridgehead atoms. The SMILES string of the molecule is CC(=O)Cc1ccc(C(=O)O)cc1C. The van der Waals surface area contributed by atoms with Gasteiger partial charge in [-0.2, -0.15) is 0 Å². The van der Waals surface area contributed by atoms with E-state index in [1.165, 1.54) is 13.0 Å². The Balaban J connectivity index is 3.01. The maximum atomic E-state index is 10.9. The molecule has 0 aliphatic rings. The Labute approximate surface area is 82.4 Å². The normalized spacial score (nSPS) is 9.86. The smallest absolute Gasteiger partial charge is 0.335 e. The third-order valence-corrected chi connectivity index (χ3v) is 2.03. The fourth-order valence-corrected chi connectivity index (χ4v) is 1.30. The molecule has 3 heteroatoms. The predicted octanol–water partition coefficient (Wildman–Crippen LogP) is 1.82. The molecule has 0 saturated heterocycles. The van der Waals surface area contributed by atoms with Crippen LogP contribution in [0.1, 0.15) is 28.4 Å². The van der Waals surface area contributed by atoms with E-state index >= 15 is 0 Å². The van der Waals surface area contributed by atoms with Gasteiger partial charge in [-0.05, 0) is 37.1 Å². The molecular weight excluding hydrogens is 180 g/mol. The number of rotatable bonds is 3. The molecule has 74 valence electrons. The minimum Gasteiger partial charge on any atom is -0.478 e. The summed E-state index contributed by atoms with van der Waals surface area (Å²) in [5.74, 6) is -0.862. The Hall–Kier alpha value is -1.64. The molecule has 0 atom stereocenters. The first kappa shape index (κ1) is 10.4. The molecule has 0 aliphatic carbocycles. The summed E-state index contributed by atoms with van der Waals surface area (Å²) in [5.41, 5.74) is 2.00. The topological polar surface area (TPSA) is 54.4 Å². The Morgan fingerprint density at radius 1 is 1.36 bits per heavy atom. The van der Waals surface area contributed by atoms with Gasteiger partial charge in [-0.25, -0.2) is 4.79 Å². The van der Waals surface area contributed by atoms with Gasteiger partial charge >= 0.3 is 5.97 Å². The molecule has 0 amide bonds. The molecule has 1 aromatic carbocycles. The van der Waals surface area contributed by atoms with Crippen molar-refractivity contribution in [3.63, 3.8) is 0 Å². The minimum atomic E-state index is -0.942. The number of carbonyl (C=O) groups excluding carboxylic acids is 1. The third kappa shape index (κ3) is 2.42. The van der Waals surface area contributed by atoms with Gasteiger partial charge in [-0.15, -0.1) is 0 Å². The molecule has 0 aliphatic heterocycles.